The molecule has 0 aliphatic rings. The Hall–Kier alpha value is -1.00. The van der Waals surface area contributed by atoms with Gasteiger partial charge in [-0.25, -0.2) is 0 Å². The number of benzene rings is 1. The highest BCUT2D eigenvalue weighted by atomic mass is 32.2. The molecule has 0 bridgehead atoms. The molecule has 0 spiro atoms. The molecular weight excluding hydrogens is 256 g/mol. The van der Waals surface area contributed by atoms with Gasteiger partial charge >= 0.3 is 0 Å². The van der Waals surface area contributed by atoms with Crippen molar-refractivity contribution in [2.75, 3.05) is 0 Å². The third-order valence-corrected chi connectivity index (χ3v) is 4.39. The van der Waals surface area contributed by atoms with Crippen LogP contribution in [0.2, 0.25) is 0 Å². The first-order chi connectivity index (χ1) is 8.83. The van der Waals surface area contributed by atoms with Crippen molar-refractivity contribution in [2.45, 2.75) is 50.3 Å². The smallest absolute Gasteiger partial charge is 0.238 e. The van der Waals surface area contributed by atoms with Crippen molar-refractivity contribution in [3.8, 4) is 0 Å². The van der Waals surface area contributed by atoms with Crippen molar-refractivity contribution in [1.82, 2.24) is 5.32 Å². The summed E-state index contributed by atoms with van der Waals surface area (Å²) < 4.78 is -0.297. The van der Waals surface area contributed by atoms with E-state index in [4.69, 9.17) is 5.73 Å². The molecule has 0 aliphatic carbocycles. The molecule has 19 heavy (non-hydrogen) atoms. The second kappa shape index (κ2) is 6.96. The average Bonchev–Trinajstić information content (AvgIpc) is 2.36. The summed E-state index contributed by atoms with van der Waals surface area (Å²) in [4.78, 5) is 12.0. The highest BCUT2D eigenvalue weighted by molar-refractivity contribution is 7.99. The van der Waals surface area contributed by atoms with Gasteiger partial charge in [0.1, 0.15) is 0 Å². The van der Waals surface area contributed by atoms with Crippen molar-refractivity contribution in [2.24, 2.45) is 5.73 Å². The van der Waals surface area contributed by atoms with Gasteiger partial charge in [-0.15, -0.1) is 11.8 Å². The van der Waals surface area contributed by atoms with Crippen LogP contribution >= 0.6 is 11.8 Å². The zero-order chi connectivity index (χ0) is 14.5. The van der Waals surface area contributed by atoms with E-state index in [1.165, 1.54) is 5.56 Å². The second-order valence-corrected chi connectivity index (χ2v) is 7.15. The number of carbonyl (C=O) groups excluding carboxylic acids is 1. The number of nitrogens with two attached hydrogens (primary N) is 1. The molecule has 1 aromatic carbocycles. The van der Waals surface area contributed by atoms with E-state index in [1.54, 1.807) is 11.8 Å². The third kappa shape index (κ3) is 5.25. The van der Waals surface area contributed by atoms with Crippen LogP contribution in [0.15, 0.2) is 30.3 Å². The highest BCUT2D eigenvalue weighted by Gasteiger charge is 2.32. The first-order valence-electron chi connectivity index (χ1n) is 6.57. The van der Waals surface area contributed by atoms with E-state index < -0.39 is 6.04 Å². The van der Waals surface area contributed by atoms with E-state index in [0.717, 1.165) is 5.75 Å². The van der Waals surface area contributed by atoms with Gasteiger partial charge in [0, 0.05) is 16.5 Å². The van der Waals surface area contributed by atoms with Crippen molar-refractivity contribution < 1.29 is 4.79 Å². The Morgan fingerprint density at radius 1 is 1.32 bits per heavy atom. The molecule has 0 aliphatic heterocycles. The maximum atomic E-state index is 12.0. The van der Waals surface area contributed by atoms with Crippen LogP contribution in [0.4, 0.5) is 0 Å². The Morgan fingerprint density at radius 3 is 2.42 bits per heavy atom. The van der Waals surface area contributed by atoms with Gasteiger partial charge in [0.05, 0.1) is 6.04 Å². The van der Waals surface area contributed by atoms with Gasteiger partial charge in [-0.1, -0.05) is 30.3 Å². The molecule has 1 atom stereocenters. The fourth-order valence-electron chi connectivity index (χ4n) is 1.62. The SMILES string of the molecule is CC(C)NC(=O)[C@H](N)C(C)(C)SCc1ccccc1. The van der Waals surface area contributed by atoms with E-state index in [2.05, 4.69) is 17.4 Å². The van der Waals surface area contributed by atoms with Crippen LogP contribution in [-0.4, -0.2) is 22.7 Å². The molecular formula is C15H24N2OS. The van der Waals surface area contributed by atoms with Crippen LogP contribution in [-0.2, 0) is 10.5 Å². The molecule has 1 rings (SSSR count). The number of thioether (sulfide) groups is 1. The van der Waals surface area contributed by atoms with Gasteiger partial charge in [0.15, 0.2) is 0 Å². The van der Waals surface area contributed by atoms with Gasteiger partial charge in [0.25, 0.3) is 0 Å². The molecule has 3 nitrogen and oxygen atoms in total. The van der Waals surface area contributed by atoms with Gasteiger partial charge in [-0.3, -0.25) is 4.79 Å². The van der Waals surface area contributed by atoms with E-state index in [9.17, 15) is 4.79 Å². The van der Waals surface area contributed by atoms with Crippen LogP contribution in [0.1, 0.15) is 33.3 Å². The first-order valence-corrected chi connectivity index (χ1v) is 7.55. The monoisotopic (exact) mass is 280 g/mol. The lowest BCUT2D eigenvalue weighted by molar-refractivity contribution is -0.123. The maximum Gasteiger partial charge on any atom is 0.238 e. The number of hydrogen-bond acceptors (Lipinski definition) is 3. The Kier molecular flexibility index (Phi) is 5.88. The van der Waals surface area contributed by atoms with Gasteiger partial charge in [-0.2, -0.15) is 0 Å². The third-order valence-electron chi connectivity index (χ3n) is 2.92. The summed E-state index contributed by atoms with van der Waals surface area (Å²) in [6, 6.07) is 9.83. The molecule has 0 heterocycles. The van der Waals surface area contributed by atoms with Crippen molar-refractivity contribution in [1.29, 1.82) is 0 Å². The minimum Gasteiger partial charge on any atom is -0.353 e. The lowest BCUT2D eigenvalue weighted by Crippen LogP contribution is -2.53. The number of amides is 1. The average molecular weight is 280 g/mol. The fraction of sp³-hybridized carbons (Fsp3) is 0.533. The van der Waals surface area contributed by atoms with Crippen LogP contribution in [0.5, 0.6) is 0 Å². The van der Waals surface area contributed by atoms with Crippen LogP contribution in [0.25, 0.3) is 0 Å². The summed E-state index contributed by atoms with van der Waals surface area (Å²) in [5.74, 6) is 0.775. The molecule has 1 aromatic rings. The van der Waals surface area contributed by atoms with E-state index >= 15 is 0 Å². The minimum atomic E-state index is -0.511. The summed E-state index contributed by atoms with van der Waals surface area (Å²) in [6.45, 7) is 7.92. The highest BCUT2D eigenvalue weighted by Crippen LogP contribution is 2.30. The quantitative estimate of drug-likeness (QED) is 0.842. The van der Waals surface area contributed by atoms with Gasteiger partial charge in [-0.05, 0) is 33.3 Å². The fourth-order valence-corrected chi connectivity index (χ4v) is 2.64. The lowest BCUT2D eigenvalue weighted by Gasteiger charge is -2.30. The zero-order valence-corrected chi connectivity index (χ0v) is 13.0. The molecule has 0 radical (unpaired) electrons. The van der Waals surface area contributed by atoms with E-state index in [-0.39, 0.29) is 16.7 Å². The minimum absolute atomic E-state index is 0.0828. The largest absolute Gasteiger partial charge is 0.353 e. The maximum absolute atomic E-state index is 12.0. The molecule has 0 fully saturated rings. The summed E-state index contributed by atoms with van der Waals surface area (Å²) in [6.07, 6.45) is 0. The number of nitrogens with one attached hydrogen (secondary N) is 1. The first kappa shape index (κ1) is 16.1. The predicted octanol–water partition coefficient (Wildman–Crippen LogP) is 2.55. The summed E-state index contributed by atoms with van der Waals surface area (Å²) in [5, 5.41) is 2.87. The van der Waals surface area contributed by atoms with Crippen LogP contribution < -0.4 is 11.1 Å². The van der Waals surface area contributed by atoms with Crippen LogP contribution in [0, 0.1) is 0 Å². The van der Waals surface area contributed by atoms with Crippen molar-refractivity contribution in [3.05, 3.63) is 35.9 Å². The molecule has 0 saturated heterocycles. The number of carbonyl (C=O) groups is 1. The summed E-state index contributed by atoms with van der Waals surface area (Å²) >= 11 is 1.71. The standard InChI is InChI=1S/C15H24N2OS/c1-11(2)17-14(18)13(16)15(3,4)19-10-12-8-6-5-7-9-12/h5-9,11,13H,10,16H2,1-4H3,(H,17,18)/t13-/m0/s1. The Labute approximate surface area is 120 Å². The van der Waals surface area contributed by atoms with Gasteiger partial charge < -0.3 is 11.1 Å². The summed E-state index contributed by atoms with van der Waals surface area (Å²) in [5.41, 5.74) is 7.32. The molecule has 0 saturated carbocycles. The molecule has 4 heteroatoms. The van der Waals surface area contributed by atoms with E-state index in [0.29, 0.717) is 0 Å². The molecule has 0 unspecified atom stereocenters. The number of rotatable bonds is 6. The Balaban J connectivity index is 2.57. The van der Waals surface area contributed by atoms with Crippen LogP contribution in [0.3, 0.4) is 0 Å². The Morgan fingerprint density at radius 2 is 1.89 bits per heavy atom. The van der Waals surface area contributed by atoms with E-state index in [1.807, 2.05) is 45.9 Å². The van der Waals surface area contributed by atoms with Crippen molar-refractivity contribution in [3.63, 3.8) is 0 Å². The van der Waals surface area contributed by atoms with Crippen molar-refractivity contribution >= 4 is 17.7 Å². The lowest BCUT2D eigenvalue weighted by atomic mass is 10.0. The molecule has 106 valence electrons. The zero-order valence-electron chi connectivity index (χ0n) is 12.1. The number of hydrogen-bond donors (Lipinski definition) is 2. The normalized spacial score (nSPS) is 13.4. The second-order valence-electron chi connectivity index (χ2n) is 5.52. The Bertz CT molecular complexity index is 404. The molecule has 1 amide bonds. The topological polar surface area (TPSA) is 55.1 Å². The predicted molar refractivity (Wildman–Crippen MR) is 83.1 cm³/mol. The molecule has 3 N–H and O–H groups in total. The van der Waals surface area contributed by atoms with Gasteiger partial charge in [0.2, 0.25) is 5.91 Å². The molecule has 0 aromatic heterocycles. The summed E-state index contributed by atoms with van der Waals surface area (Å²) in [7, 11) is 0.